The van der Waals surface area contributed by atoms with Gasteiger partial charge in [0.2, 0.25) is 0 Å². The third kappa shape index (κ3) is 3.77. The van der Waals surface area contributed by atoms with Crippen molar-refractivity contribution in [3.8, 4) is 11.4 Å². The number of Topliss-reactive ketones (excluding diaryl/α,β-unsaturated/α-hetero) is 1. The molecule has 27 heavy (non-hydrogen) atoms. The standard InChI is InChI=1S/C18H19F3N4O2/c1-10(26)16-17(22-15-9-11-2-3-12(15)8-11)24-25(23-16)13-4-6-14(7-5-13)27-18(19,20)21/h4-7,11-12,15H,2-3,8-9H2,1H3,(H,22,24)/t11-,12-,15-/m0/s1. The van der Waals surface area contributed by atoms with Crippen LogP contribution in [0.1, 0.15) is 43.1 Å². The second-order valence-electron chi connectivity index (χ2n) is 7.21. The molecule has 1 heterocycles. The topological polar surface area (TPSA) is 69.0 Å². The highest BCUT2D eigenvalue weighted by Gasteiger charge is 2.40. The summed E-state index contributed by atoms with van der Waals surface area (Å²) in [6, 6.07) is 5.47. The normalized spacial score (nSPS) is 24.2. The summed E-state index contributed by atoms with van der Waals surface area (Å²) in [7, 11) is 0. The van der Waals surface area contributed by atoms with Crippen LogP contribution in [0, 0.1) is 11.8 Å². The fourth-order valence-corrected chi connectivity index (χ4v) is 4.13. The van der Waals surface area contributed by atoms with Crippen molar-refractivity contribution in [2.75, 3.05) is 5.32 Å². The molecule has 0 unspecified atom stereocenters. The summed E-state index contributed by atoms with van der Waals surface area (Å²) >= 11 is 0. The van der Waals surface area contributed by atoms with Crippen molar-refractivity contribution in [2.45, 2.75) is 45.0 Å². The lowest BCUT2D eigenvalue weighted by Gasteiger charge is -2.22. The number of hydrogen-bond acceptors (Lipinski definition) is 5. The summed E-state index contributed by atoms with van der Waals surface area (Å²) in [6.07, 6.45) is -0.0146. The predicted molar refractivity (Wildman–Crippen MR) is 90.9 cm³/mol. The second kappa shape index (κ2) is 6.54. The Bertz CT molecular complexity index is 847. The molecule has 2 aromatic rings. The minimum atomic E-state index is -4.75. The first-order chi connectivity index (χ1) is 12.8. The Morgan fingerprint density at radius 2 is 1.93 bits per heavy atom. The number of aromatic nitrogens is 3. The van der Waals surface area contributed by atoms with Crippen LogP contribution in [0.15, 0.2) is 24.3 Å². The molecule has 144 valence electrons. The Hall–Kier alpha value is -2.58. The van der Waals surface area contributed by atoms with Gasteiger partial charge in [-0.1, -0.05) is 6.42 Å². The molecule has 0 spiro atoms. The SMILES string of the molecule is CC(=O)c1nn(-c2ccc(OC(F)(F)F)cc2)nc1N[C@H]1C[C@H]2CC[C@H]1C2. The smallest absolute Gasteiger partial charge is 0.406 e. The Morgan fingerprint density at radius 3 is 2.48 bits per heavy atom. The molecule has 2 aliphatic rings. The summed E-state index contributed by atoms with van der Waals surface area (Å²) in [6.45, 7) is 1.42. The molecule has 9 heteroatoms. The van der Waals surface area contributed by atoms with Crippen LogP contribution < -0.4 is 10.1 Å². The van der Waals surface area contributed by atoms with Crippen LogP contribution in [0.25, 0.3) is 5.69 Å². The van der Waals surface area contributed by atoms with E-state index in [4.69, 9.17) is 0 Å². The average Bonchev–Trinajstić information content (AvgIpc) is 3.29. The van der Waals surface area contributed by atoms with Gasteiger partial charge in [0.1, 0.15) is 5.75 Å². The number of anilines is 1. The van der Waals surface area contributed by atoms with Crippen molar-refractivity contribution in [2.24, 2.45) is 11.8 Å². The van der Waals surface area contributed by atoms with Crippen LogP contribution in [-0.2, 0) is 0 Å². The van der Waals surface area contributed by atoms with Gasteiger partial charge < -0.3 is 10.1 Å². The number of carbonyl (C=O) groups excluding carboxylic acids is 1. The molecule has 6 nitrogen and oxygen atoms in total. The van der Waals surface area contributed by atoms with Gasteiger partial charge >= 0.3 is 6.36 Å². The van der Waals surface area contributed by atoms with Crippen molar-refractivity contribution < 1.29 is 22.7 Å². The predicted octanol–water partition coefficient (Wildman–Crippen LogP) is 3.97. The molecule has 1 aromatic heterocycles. The number of benzene rings is 1. The molecule has 4 rings (SSSR count). The van der Waals surface area contributed by atoms with E-state index >= 15 is 0 Å². The van der Waals surface area contributed by atoms with Gasteiger partial charge in [0.05, 0.1) is 5.69 Å². The molecular weight excluding hydrogens is 361 g/mol. The Labute approximate surface area is 153 Å². The number of rotatable bonds is 5. The molecule has 2 saturated carbocycles. The van der Waals surface area contributed by atoms with Gasteiger partial charge in [0.15, 0.2) is 17.3 Å². The number of fused-ring (bicyclic) bond motifs is 2. The Kier molecular flexibility index (Phi) is 4.32. The van der Waals surface area contributed by atoms with Crippen LogP contribution in [-0.4, -0.2) is 33.2 Å². The molecular formula is C18H19F3N4O2. The van der Waals surface area contributed by atoms with Crippen LogP contribution >= 0.6 is 0 Å². The molecule has 0 radical (unpaired) electrons. The van der Waals surface area contributed by atoms with Crippen molar-refractivity contribution >= 4 is 11.6 Å². The lowest BCUT2D eigenvalue weighted by atomic mass is 9.95. The molecule has 2 aliphatic carbocycles. The van der Waals surface area contributed by atoms with E-state index in [1.165, 1.54) is 55.2 Å². The lowest BCUT2D eigenvalue weighted by Crippen LogP contribution is -2.26. The van der Waals surface area contributed by atoms with Crippen LogP contribution in [0.5, 0.6) is 5.75 Å². The fourth-order valence-electron chi connectivity index (χ4n) is 4.13. The van der Waals surface area contributed by atoms with Crippen molar-refractivity contribution in [3.05, 3.63) is 30.0 Å². The number of nitrogens with zero attached hydrogens (tertiary/aromatic N) is 3. The number of hydrogen-bond donors (Lipinski definition) is 1. The fraction of sp³-hybridized carbons (Fsp3) is 0.500. The molecule has 0 saturated heterocycles. The second-order valence-corrected chi connectivity index (χ2v) is 7.21. The van der Waals surface area contributed by atoms with Gasteiger partial charge in [-0.2, -0.15) is 0 Å². The van der Waals surface area contributed by atoms with E-state index < -0.39 is 6.36 Å². The summed E-state index contributed by atoms with van der Waals surface area (Å²) < 4.78 is 40.7. The van der Waals surface area contributed by atoms with Crippen molar-refractivity contribution in [3.63, 3.8) is 0 Å². The maximum absolute atomic E-state index is 12.3. The first-order valence-corrected chi connectivity index (χ1v) is 8.89. The zero-order chi connectivity index (χ0) is 19.2. The first kappa shape index (κ1) is 17.8. The van der Waals surface area contributed by atoms with Crippen molar-refractivity contribution in [1.29, 1.82) is 0 Å². The Balaban J connectivity index is 1.55. The average molecular weight is 380 g/mol. The maximum atomic E-state index is 12.3. The largest absolute Gasteiger partial charge is 0.573 e. The quantitative estimate of drug-likeness (QED) is 0.795. The number of alkyl halides is 3. The van der Waals surface area contributed by atoms with Crippen LogP contribution in [0.2, 0.25) is 0 Å². The minimum Gasteiger partial charge on any atom is -0.406 e. The summed E-state index contributed by atoms with van der Waals surface area (Å²) in [5.41, 5.74) is 0.668. The van der Waals surface area contributed by atoms with Crippen molar-refractivity contribution in [1.82, 2.24) is 15.0 Å². The van der Waals surface area contributed by atoms with Gasteiger partial charge in [-0.05, 0) is 55.4 Å². The number of ether oxygens (including phenoxy) is 1. The van der Waals surface area contributed by atoms with Gasteiger partial charge in [-0.15, -0.1) is 28.2 Å². The summed E-state index contributed by atoms with van der Waals surface area (Å²) in [5.74, 6) is 1.22. The minimum absolute atomic E-state index is 0.219. The highest BCUT2D eigenvalue weighted by molar-refractivity contribution is 5.96. The number of carbonyl (C=O) groups is 1. The lowest BCUT2D eigenvalue weighted by molar-refractivity contribution is -0.274. The number of ketones is 1. The van der Waals surface area contributed by atoms with E-state index in [1.807, 2.05) is 0 Å². The molecule has 2 bridgehead atoms. The number of halogens is 3. The maximum Gasteiger partial charge on any atom is 0.573 e. The molecule has 1 N–H and O–H groups in total. The van der Waals surface area contributed by atoms with E-state index in [2.05, 4.69) is 20.3 Å². The molecule has 1 aromatic carbocycles. The zero-order valence-electron chi connectivity index (χ0n) is 14.7. The summed E-state index contributed by atoms with van der Waals surface area (Å²) in [5, 5.41) is 11.9. The third-order valence-corrected chi connectivity index (χ3v) is 5.31. The van der Waals surface area contributed by atoms with Crippen LogP contribution in [0.4, 0.5) is 19.0 Å². The summed E-state index contributed by atoms with van der Waals surface area (Å²) in [4.78, 5) is 13.2. The monoisotopic (exact) mass is 380 g/mol. The molecule has 3 atom stereocenters. The Morgan fingerprint density at radius 1 is 1.19 bits per heavy atom. The van der Waals surface area contributed by atoms with Gasteiger partial charge in [-0.25, -0.2) is 0 Å². The first-order valence-electron chi connectivity index (χ1n) is 8.89. The zero-order valence-corrected chi connectivity index (χ0v) is 14.7. The highest BCUT2D eigenvalue weighted by atomic mass is 19.4. The van der Waals surface area contributed by atoms with E-state index in [9.17, 15) is 18.0 Å². The highest BCUT2D eigenvalue weighted by Crippen LogP contribution is 2.45. The van der Waals surface area contributed by atoms with E-state index in [1.54, 1.807) is 0 Å². The van der Waals surface area contributed by atoms with Gasteiger partial charge in [-0.3, -0.25) is 4.79 Å². The van der Waals surface area contributed by atoms with E-state index in [0.29, 0.717) is 17.4 Å². The van der Waals surface area contributed by atoms with E-state index in [-0.39, 0.29) is 23.3 Å². The van der Waals surface area contributed by atoms with Gasteiger partial charge in [0.25, 0.3) is 0 Å². The van der Waals surface area contributed by atoms with E-state index in [0.717, 1.165) is 12.3 Å². The third-order valence-electron chi connectivity index (χ3n) is 5.31. The molecule has 0 aliphatic heterocycles. The molecule has 2 fully saturated rings. The van der Waals surface area contributed by atoms with Gasteiger partial charge in [0, 0.05) is 13.0 Å². The molecule has 0 amide bonds. The number of nitrogens with one attached hydrogen (secondary N) is 1. The van der Waals surface area contributed by atoms with Crippen LogP contribution in [0.3, 0.4) is 0 Å².